The van der Waals surface area contributed by atoms with Crippen LogP contribution in [0.25, 0.3) is 0 Å². The highest BCUT2D eigenvalue weighted by Gasteiger charge is 2.34. The molecule has 8 heteroatoms. The Balaban J connectivity index is 0.00000312. The Morgan fingerprint density at radius 2 is 2.24 bits per heavy atom. The summed E-state index contributed by atoms with van der Waals surface area (Å²) in [6.45, 7) is 7.53. The van der Waals surface area contributed by atoms with Crippen LogP contribution in [0.3, 0.4) is 0 Å². The number of ether oxygens (including phenoxy) is 1. The number of aryl methyl sites for hydroxylation is 2. The van der Waals surface area contributed by atoms with Crippen LogP contribution in [0.15, 0.2) is 4.99 Å². The largest absolute Gasteiger partial charge is 0.396 e. The van der Waals surface area contributed by atoms with Crippen LogP contribution in [0.1, 0.15) is 35.3 Å². The first-order valence-corrected chi connectivity index (χ1v) is 9.52. The normalized spacial score (nSPS) is 20.4. The molecule has 3 N–H and O–H groups in total. The lowest BCUT2D eigenvalue weighted by atomic mass is 9.84. The first-order valence-electron chi connectivity index (χ1n) is 8.71. The van der Waals surface area contributed by atoms with Crippen LogP contribution in [0.4, 0.5) is 0 Å². The number of rotatable bonds is 8. The van der Waals surface area contributed by atoms with Crippen LogP contribution in [0, 0.1) is 12.3 Å². The van der Waals surface area contributed by atoms with E-state index in [0.29, 0.717) is 6.61 Å². The minimum absolute atomic E-state index is 0. The average molecular weight is 482 g/mol. The van der Waals surface area contributed by atoms with Crippen molar-refractivity contribution in [2.24, 2.45) is 10.4 Å². The summed E-state index contributed by atoms with van der Waals surface area (Å²) in [5, 5.41) is 17.2. The van der Waals surface area contributed by atoms with Gasteiger partial charge in [0, 0.05) is 50.1 Å². The summed E-state index contributed by atoms with van der Waals surface area (Å²) in [5.41, 5.74) is 1.24. The molecular formula is C17H31IN4O2S. The van der Waals surface area contributed by atoms with Crippen LogP contribution < -0.4 is 10.6 Å². The van der Waals surface area contributed by atoms with Gasteiger partial charge in [-0.2, -0.15) is 0 Å². The number of thiazole rings is 1. The van der Waals surface area contributed by atoms with Gasteiger partial charge < -0.3 is 20.5 Å². The summed E-state index contributed by atoms with van der Waals surface area (Å²) >= 11 is 1.78. The van der Waals surface area contributed by atoms with Crippen molar-refractivity contribution in [1.29, 1.82) is 0 Å². The third kappa shape index (κ3) is 6.65. The molecule has 1 saturated heterocycles. The van der Waals surface area contributed by atoms with E-state index in [1.165, 1.54) is 15.6 Å². The molecule has 2 rings (SSSR count). The van der Waals surface area contributed by atoms with Gasteiger partial charge in [0.1, 0.15) is 0 Å². The number of aromatic nitrogens is 1. The van der Waals surface area contributed by atoms with Gasteiger partial charge in [0.2, 0.25) is 0 Å². The first-order chi connectivity index (χ1) is 11.6. The van der Waals surface area contributed by atoms with Gasteiger partial charge in [0.25, 0.3) is 0 Å². The van der Waals surface area contributed by atoms with Gasteiger partial charge in [-0.25, -0.2) is 4.98 Å². The number of nitrogens with one attached hydrogen (secondary N) is 2. The highest BCUT2D eigenvalue weighted by molar-refractivity contribution is 14.0. The molecule has 0 amide bonds. The molecule has 6 nitrogen and oxygen atoms in total. The number of aliphatic hydroxyl groups is 1. The standard InChI is InChI=1S/C17H30N4O2S.HI/c1-4-14-13(2)24-15(21-14)5-8-19-16(18-3)20-11-17(6-9-22)7-10-23-12-17;/h22H,4-12H2,1-3H3,(H2,18,19,20);1H. The highest BCUT2D eigenvalue weighted by atomic mass is 127. The summed E-state index contributed by atoms with van der Waals surface area (Å²) in [6.07, 6.45) is 3.63. The molecule has 0 bridgehead atoms. The molecular weight excluding hydrogens is 451 g/mol. The molecule has 1 fully saturated rings. The summed E-state index contributed by atoms with van der Waals surface area (Å²) in [4.78, 5) is 10.3. The number of aliphatic hydroxyl groups excluding tert-OH is 1. The number of nitrogens with zero attached hydrogens (tertiary/aromatic N) is 2. The Hall–Kier alpha value is -0.450. The van der Waals surface area contributed by atoms with E-state index in [2.05, 4.69) is 34.5 Å². The summed E-state index contributed by atoms with van der Waals surface area (Å²) < 4.78 is 5.52. The Kier molecular flexibility index (Phi) is 10.2. The molecule has 144 valence electrons. The Labute approximate surface area is 171 Å². The van der Waals surface area contributed by atoms with E-state index in [9.17, 15) is 5.11 Å². The van der Waals surface area contributed by atoms with Crippen molar-refractivity contribution in [1.82, 2.24) is 15.6 Å². The number of guanidine groups is 1. The van der Waals surface area contributed by atoms with E-state index in [-0.39, 0.29) is 36.0 Å². The zero-order valence-electron chi connectivity index (χ0n) is 15.4. The third-order valence-corrected chi connectivity index (χ3v) is 5.66. The summed E-state index contributed by atoms with van der Waals surface area (Å²) in [5.74, 6) is 0.795. The van der Waals surface area contributed by atoms with E-state index in [1.807, 2.05) is 0 Å². The second-order valence-corrected chi connectivity index (χ2v) is 7.63. The van der Waals surface area contributed by atoms with Gasteiger partial charge in [-0.15, -0.1) is 35.3 Å². The van der Waals surface area contributed by atoms with Gasteiger partial charge in [0.15, 0.2) is 5.96 Å². The van der Waals surface area contributed by atoms with Gasteiger partial charge in [-0.1, -0.05) is 6.92 Å². The number of aliphatic imine (C=N–C) groups is 1. The number of hydrogen-bond acceptors (Lipinski definition) is 5. The zero-order valence-corrected chi connectivity index (χ0v) is 18.6. The average Bonchev–Trinajstić information content (AvgIpc) is 3.18. The maximum atomic E-state index is 9.29. The van der Waals surface area contributed by atoms with Crippen molar-refractivity contribution in [3.05, 3.63) is 15.6 Å². The smallest absolute Gasteiger partial charge is 0.191 e. The second kappa shape index (κ2) is 11.3. The fourth-order valence-corrected chi connectivity index (χ4v) is 4.04. The van der Waals surface area contributed by atoms with E-state index >= 15 is 0 Å². The van der Waals surface area contributed by atoms with Gasteiger partial charge in [0.05, 0.1) is 17.3 Å². The van der Waals surface area contributed by atoms with Crippen molar-refractivity contribution in [2.75, 3.05) is 40.0 Å². The SMILES string of the molecule is CCc1nc(CCNC(=NC)NCC2(CCO)CCOC2)sc1C.I. The summed E-state index contributed by atoms with van der Waals surface area (Å²) in [6, 6.07) is 0. The lowest BCUT2D eigenvalue weighted by Gasteiger charge is -2.27. The molecule has 1 aliphatic heterocycles. The van der Waals surface area contributed by atoms with Crippen molar-refractivity contribution < 1.29 is 9.84 Å². The van der Waals surface area contributed by atoms with Crippen molar-refractivity contribution in [3.63, 3.8) is 0 Å². The van der Waals surface area contributed by atoms with Crippen molar-refractivity contribution in [3.8, 4) is 0 Å². The molecule has 1 aliphatic rings. The van der Waals surface area contributed by atoms with E-state index in [1.54, 1.807) is 18.4 Å². The molecule has 0 spiro atoms. The van der Waals surface area contributed by atoms with Crippen LogP contribution in [-0.2, 0) is 17.6 Å². The maximum Gasteiger partial charge on any atom is 0.191 e. The van der Waals surface area contributed by atoms with Gasteiger partial charge >= 0.3 is 0 Å². The highest BCUT2D eigenvalue weighted by Crippen LogP contribution is 2.31. The van der Waals surface area contributed by atoms with Crippen LogP contribution in [-0.4, -0.2) is 56.0 Å². The van der Waals surface area contributed by atoms with Crippen LogP contribution in [0.5, 0.6) is 0 Å². The fraction of sp³-hybridized carbons (Fsp3) is 0.765. The predicted molar refractivity (Wildman–Crippen MR) is 114 cm³/mol. The number of halogens is 1. The van der Waals surface area contributed by atoms with E-state index in [4.69, 9.17) is 4.74 Å². The Morgan fingerprint density at radius 3 is 2.80 bits per heavy atom. The minimum atomic E-state index is 0. The topological polar surface area (TPSA) is 78.8 Å². The molecule has 0 aliphatic carbocycles. The lowest BCUT2D eigenvalue weighted by molar-refractivity contribution is 0.127. The number of hydrogen-bond donors (Lipinski definition) is 3. The van der Waals surface area contributed by atoms with Crippen molar-refractivity contribution in [2.45, 2.75) is 39.5 Å². The summed E-state index contributed by atoms with van der Waals surface area (Å²) in [7, 11) is 1.78. The molecule has 1 atom stereocenters. The molecule has 0 aromatic carbocycles. The molecule has 25 heavy (non-hydrogen) atoms. The lowest BCUT2D eigenvalue weighted by Crippen LogP contribution is -2.45. The Bertz CT molecular complexity index is 545. The van der Waals surface area contributed by atoms with E-state index < -0.39 is 0 Å². The quantitative estimate of drug-likeness (QED) is 0.301. The van der Waals surface area contributed by atoms with Gasteiger partial charge in [-0.3, -0.25) is 4.99 Å². The second-order valence-electron chi connectivity index (χ2n) is 6.34. The first kappa shape index (κ1) is 22.6. The maximum absolute atomic E-state index is 9.29. The van der Waals surface area contributed by atoms with Crippen LogP contribution >= 0.6 is 35.3 Å². The van der Waals surface area contributed by atoms with Crippen molar-refractivity contribution >= 4 is 41.3 Å². The van der Waals surface area contributed by atoms with E-state index in [0.717, 1.165) is 51.3 Å². The predicted octanol–water partition coefficient (Wildman–Crippen LogP) is 2.13. The molecule has 1 aromatic heterocycles. The van der Waals surface area contributed by atoms with Gasteiger partial charge in [-0.05, 0) is 26.2 Å². The fourth-order valence-electron chi connectivity index (χ4n) is 3.01. The third-order valence-electron chi connectivity index (χ3n) is 4.58. The molecule has 0 saturated carbocycles. The Morgan fingerprint density at radius 1 is 1.44 bits per heavy atom. The van der Waals surface area contributed by atoms with Crippen LogP contribution in [0.2, 0.25) is 0 Å². The zero-order chi connectivity index (χ0) is 17.4. The molecule has 0 radical (unpaired) electrons. The monoisotopic (exact) mass is 482 g/mol. The molecule has 1 aromatic rings. The molecule has 2 heterocycles. The molecule has 1 unspecified atom stereocenters. The minimum Gasteiger partial charge on any atom is -0.396 e.